The Labute approximate surface area is 73.6 Å². The molecule has 1 rings (SSSR count). The van der Waals surface area contributed by atoms with Crippen molar-refractivity contribution in [1.29, 1.82) is 0 Å². The van der Waals surface area contributed by atoms with E-state index in [-0.39, 0.29) is 0 Å². The first kappa shape index (κ1) is 8.02. The van der Waals surface area contributed by atoms with Gasteiger partial charge in [-0.1, -0.05) is 27.5 Å². The van der Waals surface area contributed by atoms with Gasteiger partial charge in [0.15, 0.2) is 0 Å². The van der Waals surface area contributed by atoms with Crippen molar-refractivity contribution in [1.82, 2.24) is 4.98 Å². The summed E-state index contributed by atoms with van der Waals surface area (Å²) in [4.78, 5) is 4.10. The molecule has 0 spiro atoms. The minimum absolute atomic E-state index is 0.763. The summed E-state index contributed by atoms with van der Waals surface area (Å²) in [6.45, 7) is 1.92. The van der Waals surface area contributed by atoms with Gasteiger partial charge in [-0.3, -0.25) is 4.98 Å². The second-order valence-corrected chi connectivity index (χ2v) is 3.02. The summed E-state index contributed by atoms with van der Waals surface area (Å²) in [6, 6.07) is 1.86. The average molecular weight is 220 g/mol. The second-order valence-electron chi connectivity index (χ2n) is 2.05. The molecule has 0 unspecified atom stereocenters. The van der Waals surface area contributed by atoms with E-state index in [4.69, 9.17) is 11.6 Å². The molecule has 0 radical (unpaired) electrons. The Balaban J connectivity index is 3.07. The zero-order chi connectivity index (χ0) is 7.56. The summed E-state index contributed by atoms with van der Waals surface area (Å²) in [5, 5.41) is 1.54. The monoisotopic (exact) mass is 219 g/mol. The molecule has 1 aromatic rings. The number of nitrogens with zero attached hydrogens (tertiary/aromatic N) is 1. The SMILES string of the molecule is Cc1cc(Cl)c(CBr)cn1. The lowest BCUT2D eigenvalue weighted by Gasteiger charge is -1.98. The molecule has 0 fully saturated rings. The number of halogens is 2. The van der Waals surface area contributed by atoms with E-state index >= 15 is 0 Å². The van der Waals surface area contributed by atoms with Crippen LogP contribution in [0.3, 0.4) is 0 Å². The number of hydrogen-bond acceptors (Lipinski definition) is 1. The van der Waals surface area contributed by atoms with E-state index in [1.54, 1.807) is 6.20 Å². The maximum absolute atomic E-state index is 5.86. The van der Waals surface area contributed by atoms with Crippen molar-refractivity contribution in [3.8, 4) is 0 Å². The summed E-state index contributed by atoms with van der Waals surface area (Å²) in [5.41, 5.74) is 1.99. The molecule has 1 nitrogen and oxygen atoms in total. The largest absolute Gasteiger partial charge is 0.261 e. The van der Waals surface area contributed by atoms with Crippen molar-refractivity contribution in [3.63, 3.8) is 0 Å². The van der Waals surface area contributed by atoms with Crippen molar-refractivity contribution in [2.24, 2.45) is 0 Å². The lowest BCUT2D eigenvalue weighted by molar-refractivity contribution is 1.17. The molecule has 0 aliphatic carbocycles. The maximum atomic E-state index is 5.86. The third-order valence-electron chi connectivity index (χ3n) is 1.21. The average Bonchev–Trinajstić information content (AvgIpc) is 1.88. The van der Waals surface area contributed by atoms with Gasteiger partial charge in [0.2, 0.25) is 0 Å². The van der Waals surface area contributed by atoms with Gasteiger partial charge in [0.1, 0.15) is 0 Å². The van der Waals surface area contributed by atoms with Crippen LogP contribution >= 0.6 is 27.5 Å². The molecule has 0 atom stereocenters. The van der Waals surface area contributed by atoms with Crippen molar-refractivity contribution in [2.75, 3.05) is 0 Å². The van der Waals surface area contributed by atoms with E-state index in [0.717, 1.165) is 21.6 Å². The van der Waals surface area contributed by atoms with Crippen LogP contribution in [0.4, 0.5) is 0 Å². The number of pyridine rings is 1. The molecule has 0 bridgehead atoms. The van der Waals surface area contributed by atoms with Gasteiger partial charge < -0.3 is 0 Å². The van der Waals surface area contributed by atoms with Crippen LogP contribution in [0.1, 0.15) is 11.3 Å². The normalized spacial score (nSPS) is 9.90. The van der Waals surface area contributed by atoms with E-state index in [9.17, 15) is 0 Å². The van der Waals surface area contributed by atoms with Gasteiger partial charge in [0.05, 0.1) is 0 Å². The predicted octanol–water partition coefficient (Wildman–Crippen LogP) is 2.94. The first-order chi connectivity index (χ1) is 4.74. The molecule has 54 valence electrons. The van der Waals surface area contributed by atoms with Crippen LogP contribution in [-0.4, -0.2) is 4.98 Å². The Morgan fingerprint density at radius 3 is 2.90 bits per heavy atom. The molecule has 0 amide bonds. The molecule has 1 heterocycles. The van der Waals surface area contributed by atoms with E-state index in [1.807, 2.05) is 13.0 Å². The van der Waals surface area contributed by atoms with Gasteiger partial charge in [-0.05, 0) is 18.6 Å². The topological polar surface area (TPSA) is 12.9 Å². The summed E-state index contributed by atoms with van der Waals surface area (Å²) < 4.78 is 0. The van der Waals surface area contributed by atoms with Crippen LogP contribution in [0.2, 0.25) is 5.02 Å². The summed E-state index contributed by atoms with van der Waals surface area (Å²) in [7, 11) is 0. The number of rotatable bonds is 1. The van der Waals surface area contributed by atoms with Crippen molar-refractivity contribution >= 4 is 27.5 Å². The predicted molar refractivity (Wildman–Crippen MR) is 46.6 cm³/mol. The minimum Gasteiger partial charge on any atom is -0.261 e. The van der Waals surface area contributed by atoms with E-state index < -0.39 is 0 Å². The fourth-order valence-electron chi connectivity index (χ4n) is 0.653. The number of alkyl halides is 1. The van der Waals surface area contributed by atoms with E-state index in [2.05, 4.69) is 20.9 Å². The molecule has 0 N–H and O–H groups in total. The third kappa shape index (κ3) is 1.70. The summed E-state index contributed by atoms with van der Waals surface area (Å²) >= 11 is 9.17. The molecular weight excluding hydrogens is 213 g/mol. The van der Waals surface area contributed by atoms with Crippen LogP contribution in [0.25, 0.3) is 0 Å². The van der Waals surface area contributed by atoms with Gasteiger partial charge in [-0.2, -0.15) is 0 Å². The number of aromatic nitrogens is 1. The highest BCUT2D eigenvalue weighted by molar-refractivity contribution is 9.08. The quantitative estimate of drug-likeness (QED) is 0.663. The molecule has 0 aliphatic rings. The Bertz CT molecular complexity index is 237. The highest BCUT2D eigenvalue weighted by atomic mass is 79.9. The van der Waals surface area contributed by atoms with Gasteiger partial charge in [0, 0.05) is 22.2 Å². The Morgan fingerprint density at radius 2 is 2.40 bits per heavy atom. The fraction of sp³-hybridized carbons (Fsp3) is 0.286. The number of hydrogen-bond donors (Lipinski definition) is 0. The molecule has 1 aromatic heterocycles. The number of aryl methyl sites for hydroxylation is 1. The smallest absolute Gasteiger partial charge is 0.0479 e. The van der Waals surface area contributed by atoms with Crippen molar-refractivity contribution in [3.05, 3.63) is 28.5 Å². The zero-order valence-corrected chi connectivity index (χ0v) is 7.91. The van der Waals surface area contributed by atoms with Crippen molar-refractivity contribution in [2.45, 2.75) is 12.3 Å². The molecule has 0 aromatic carbocycles. The zero-order valence-electron chi connectivity index (χ0n) is 5.56. The van der Waals surface area contributed by atoms with Gasteiger partial charge >= 0.3 is 0 Å². The van der Waals surface area contributed by atoms with E-state index in [0.29, 0.717) is 0 Å². The first-order valence-corrected chi connectivity index (χ1v) is 4.41. The summed E-state index contributed by atoms with van der Waals surface area (Å²) in [5.74, 6) is 0. The van der Waals surface area contributed by atoms with Gasteiger partial charge in [-0.15, -0.1) is 0 Å². The molecular formula is C7H7BrClN. The van der Waals surface area contributed by atoms with Gasteiger partial charge in [-0.25, -0.2) is 0 Å². The highest BCUT2D eigenvalue weighted by Crippen LogP contribution is 2.17. The summed E-state index contributed by atoms with van der Waals surface area (Å²) in [6.07, 6.45) is 1.78. The first-order valence-electron chi connectivity index (χ1n) is 2.91. The van der Waals surface area contributed by atoms with Gasteiger partial charge in [0.25, 0.3) is 0 Å². The Kier molecular flexibility index (Phi) is 2.69. The fourth-order valence-corrected chi connectivity index (χ4v) is 1.53. The third-order valence-corrected chi connectivity index (χ3v) is 2.17. The lowest BCUT2D eigenvalue weighted by Crippen LogP contribution is -1.85. The lowest BCUT2D eigenvalue weighted by atomic mass is 10.3. The standard InChI is InChI=1S/C7H7BrClN/c1-5-2-7(9)6(3-8)4-10-5/h2,4H,3H2,1H3. The van der Waals surface area contributed by atoms with Crippen molar-refractivity contribution < 1.29 is 0 Å². The molecule has 3 heteroatoms. The Hall–Kier alpha value is -0.0800. The molecule has 0 aliphatic heterocycles. The van der Waals surface area contributed by atoms with Crippen LogP contribution < -0.4 is 0 Å². The maximum Gasteiger partial charge on any atom is 0.0479 e. The minimum atomic E-state index is 0.763. The molecule has 10 heavy (non-hydrogen) atoms. The second kappa shape index (κ2) is 3.35. The van der Waals surface area contributed by atoms with E-state index in [1.165, 1.54) is 0 Å². The highest BCUT2D eigenvalue weighted by Gasteiger charge is 1.97. The molecule has 0 saturated carbocycles. The van der Waals surface area contributed by atoms with Crippen LogP contribution in [0.15, 0.2) is 12.3 Å². The molecule has 0 saturated heterocycles. The van der Waals surface area contributed by atoms with Crippen LogP contribution in [0.5, 0.6) is 0 Å². The Morgan fingerprint density at radius 1 is 1.70 bits per heavy atom. The van der Waals surface area contributed by atoms with Crippen LogP contribution in [-0.2, 0) is 5.33 Å². The van der Waals surface area contributed by atoms with Crippen LogP contribution in [0, 0.1) is 6.92 Å².